The summed E-state index contributed by atoms with van der Waals surface area (Å²) in [5, 5.41) is 13.9. The Bertz CT molecular complexity index is 1070. The standard InChI is InChI=1S/C23H23F10N3O/c1-12(13-7-14(21(25,26)27)9-15(8-13)22(28,29)30)35(2)20(37)36-6-5-34-11-19(36)17-4-3-16(24)10-18(17)23(31,32)33/h3-4,7-10,12,19-20,34,37H,5-6,11H2,1-2H3. The first-order valence-corrected chi connectivity index (χ1v) is 10.9. The fourth-order valence-electron chi connectivity index (χ4n) is 4.24. The van der Waals surface area contributed by atoms with Crippen molar-refractivity contribution in [1.82, 2.24) is 15.1 Å². The van der Waals surface area contributed by atoms with Crippen LogP contribution in [0, 0.1) is 5.82 Å². The summed E-state index contributed by atoms with van der Waals surface area (Å²) in [6.07, 6.45) is -16.8. The van der Waals surface area contributed by atoms with Gasteiger partial charge in [-0.1, -0.05) is 6.07 Å². The number of hydrogen-bond donors (Lipinski definition) is 2. The highest BCUT2D eigenvalue weighted by Crippen LogP contribution is 2.40. The van der Waals surface area contributed by atoms with Gasteiger partial charge in [-0.25, -0.2) is 4.39 Å². The molecule has 2 aromatic carbocycles. The highest BCUT2D eigenvalue weighted by Gasteiger charge is 2.41. The molecule has 0 spiro atoms. The van der Waals surface area contributed by atoms with Crippen LogP contribution in [-0.4, -0.2) is 47.9 Å². The Morgan fingerprint density at radius 3 is 2.00 bits per heavy atom. The molecule has 0 aromatic heterocycles. The van der Waals surface area contributed by atoms with Gasteiger partial charge >= 0.3 is 18.5 Å². The molecule has 3 atom stereocenters. The van der Waals surface area contributed by atoms with Crippen LogP contribution in [0.3, 0.4) is 0 Å². The minimum atomic E-state index is -5.08. The number of hydrogen-bond acceptors (Lipinski definition) is 4. The first-order chi connectivity index (χ1) is 16.9. The second-order valence-electron chi connectivity index (χ2n) is 8.71. The van der Waals surface area contributed by atoms with E-state index >= 15 is 0 Å². The average molecular weight is 547 g/mol. The average Bonchev–Trinajstić information content (AvgIpc) is 2.80. The Balaban J connectivity index is 1.98. The lowest BCUT2D eigenvalue weighted by molar-refractivity contribution is -0.149. The largest absolute Gasteiger partial charge is 0.416 e. The lowest BCUT2D eigenvalue weighted by Crippen LogP contribution is -2.56. The first-order valence-electron chi connectivity index (χ1n) is 10.9. The molecular formula is C23H23F10N3O. The quantitative estimate of drug-likeness (QED) is 0.367. The van der Waals surface area contributed by atoms with Gasteiger partial charge in [0.25, 0.3) is 0 Å². The van der Waals surface area contributed by atoms with Crippen LogP contribution < -0.4 is 5.32 Å². The zero-order valence-electron chi connectivity index (χ0n) is 19.4. The highest BCUT2D eigenvalue weighted by molar-refractivity contribution is 5.36. The van der Waals surface area contributed by atoms with E-state index in [2.05, 4.69) is 5.32 Å². The summed E-state index contributed by atoms with van der Waals surface area (Å²) in [6.45, 7) is 1.37. The topological polar surface area (TPSA) is 38.7 Å². The van der Waals surface area contributed by atoms with Gasteiger partial charge in [0.05, 0.1) is 22.7 Å². The van der Waals surface area contributed by atoms with Gasteiger partial charge in [-0.05, 0) is 55.4 Å². The Hall–Kier alpha value is -2.42. The molecule has 2 aromatic rings. The summed E-state index contributed by atoms with van der Waals surface area (Å²) in [5.41, 5.74) is -5.09. The third kappa shape index (κ3) is 6.54. The molecule has 14 heteroatoms. The van der Waals surface area contributed by atoms with Gasteiger partial charge in [0.15, 0.2) is 6.35 Å². The summed E-state index contributed by atoms with van der Waals surface area (Å²) in [5.74, 6) is -1.12. The normalized spacial score (nSPS) is 19.8. The molecule has 1 aliphatic rings. The van der Waals surface area contributed by atoms with Crippen LogP contribution in [0.4, 0.5) is 43.9 Å². The minimum Gasteiger partial charge on any atom is -0.365 e. The second-order valence-corrected chi connectivity index (χ2v) is 8.71. The van der Waals surface area contributed by atoms with Crippen LogP contribution in [0.2, 0.25) is 0 Å². The Morgan fingerprint density at radius 2 is 1.49 bits per heavy atom. The Morgan fingerprint density at radius 1 is 0.919 bits per heavy atom. The fraction of sp³-hybridized carbons (Fsp3) is 0.478. The number of rotatable bonds is 5. The molecule has 3 unspecified atom stereocenters. The van der Waals surface area contributed by atoms with Gasteiger partial charge < -0.3 is 10.4 Å². The van der Waals surface area contributed by atoms with Crippen molar-refractivity contribution < 1.29 is 49.0 Å². The predicted molar refractivity (Wildman–Crippen MR) is 112 cm³/mol. The molecule has 1 aliphatic heterocycles. The number of benzene rings is 2. The molecule has 1 fully saturated rings. The smallest absolute Gasteiger partial charge is 0.365 e. The maximum Gasteiger partial charge on any atom is 0.416 e. The monoisotopic (exact) mass is 547 g/mol. The minimum absolute atomic E-state index is 0.0199. The van der Waals surface area contributed by atoms with Gasteiger partial charge in [0.1, 0.15) is 5.82 Å². The van der Waals surface area contributed by atoms with Crippen molar-refractivity contribution in [3.63, 3.8) is 0 Å². The van der Waals surface area contributed by atoms with E-state index in [0.29, 0.717) is 18.2 Å². The first kappa shape index (κ1) is 29.1. The maximum atomic E-state index is 13.6. The molecule has 0 saturated carbocycles. The van der Waals surface area contributed by atoms with Crippen molar-refractivity contribution >= 4 is 0 Å². The van der Waals surface area contributed by atoms with Crippen molar-refractivity contribution in [2.45, 2.75) is 43.9 Å². The molecule has 1 saturated heterocycles. The maximum absolute atomic E-state index is 13.6. The summed E-state index contributed by atoms with van der Waals surface area (Å²) in [6, 6.07) is 0.764. The second kappa shape index (κ2) is 10.4. The van der Waals surface area contributed by atoms with Gasteiger partial charge in [-0.15, -0.1) is 0 Å². The molecule has 2 N–H and O–H groups in total. The van der Waals surface area contributed by atoms with Crippen molar-refractivity contribution in [3.8, 4) is 0 Å². The van der Waals surface area contributed by atoms with E-state index in [9.17, 15) is 49.0 Å². The lowest BCUT2D eigenvalue weighted by Gasteiger charge is -2.44. The molecular weight excluding hydrogens is 524 g/mol. The van der Waals surface area contributed by atoms with Crippen molar-refractivity contribution in [2.24, 2.45) is 0 Å². The molecule has 3 rings (SSSR count). The van der Waals surface area contributed by atoms with E-state index in [1.165, 1.54) is 18.9 Å². The molecule has 0 bridgehead atoms. The molecule has 0 aliphatic carbocycles. The van der Waals surface area contributed by atoms with Crippen molar-refractivity contribution in [3.05, 3.63) is 70.0 Å². The zero-order valence-corrected chi connectivity index (χ0v) is 19.4. The number of halogens is 10. The molecule has 0 amide bonds. The van der Waals surface area contributed by atoms with Crippen molar-refractivity contribution in [1.29, 1.82) is 0 Å². The molecule has 4 nitrogen and oxygen atoms in total. The van der Waals surface area contributed by atoms with Crippen molar-refractivity contribution in [2.75, 3.05) is 26.7 Å². The van der Waals surface area contributed by atoms with Crippen LogP contribution in [0.1, 0.15) is 46.8 Å². The van der Waals surface area contributed by atoms with Crippen LogP contribution >= 0.6 is 0 Å². The van der Waals surface area contributed by atoms with Gasteiger partial charge in [0, 0.05) is 25.7 Å². The third-order valence-electron chi connectivity index (χ3n) is 6.33. The lowest BCUT2D eigenvalue weighted by atomic mass is 9.96. The Labute approximate surface area is 205 Å². The summed E-state index contributed by atoms with van der Waals surface area (Å²) in [7, 11) is 1.22. The summed E-state index contributed by atoms with van der Waals surface area (Å²) < 4.78 is 134. The van der Waals surface area contributed by atoms with E-state index in [1.54, 1.807) is 0 Å². The summed E-state index contributed by atoms with van der Waals surface area (Å²) in [4.78, 5) is 2.26. The van der Waals surface area contributed by atoms with E-state index < -0.39 is 65.0 Å². The van der Waals surface area contributed by atoms with E-state index in [4.69, 9.17) is 0 Å². The number of nitrogens with zero attached hydrogens (tertiary/aromatic N) is 2. The van der Waals surface area contributed by atoms with Crippen LogP contribution in [0.25, 0.3) is 0 Å². The molecule has 206 valence electrons. The van der Waals surface area contributed by atoms with Gasteiger partial charge in [0.2, 0.25) is 0 Å². The SMILES string of the molecule is CC(c1cc(C(F)(F)F)cc(C(F)(F)F)c1)N(C)C(O)N1CCNCC1c1ccc(F)cc1C(F)(F)F. The summed E-state index contributed by atoms with van der Waals surface area (Å²) >= 11 is 0. The number of aliphatic hydroxyl groups excluding tert-OH is 1. The molecule has 0 radical (unpaired) electrons. The van der Waals surface area contributed by atoms with Gasteiger partial charge in [-0.2, -0.15) is 39.5 Å². The zero-order chi connectivity index (χ0) is 27.9. The van der Waals surface area contributed by atoms with E-state index in [-0.39, 0.29) is 31.3 Å². The predicted octanol–water partition coefficient (Wildman–Crippen LogP) is 5.80. The van der Waals surface area contributed by atoms with E-state index in [0.717, 1.165) is 17.0 Å². The number of alkyl halides is 9. The third-order valence-corrected chi connectivity index (χ3v) is 6.33. The highest BCUT2D eigenvalue weighted by atomic mass is 19.4. The Kier molecular flexibility index (Phi) is 8.18. The molecule has 1 heterocycles. The van der Waals surface area contributed by atoms with Crippen LogP contribution in [-0.2, 0) is 18.5 Å². The molecule has 37 heavy (non-hydrogen) atoms. The van der Waals surface area contributed by atoms with E-state index in [1.807, 2.05) is 0 Å². The number of piperazine rings is 1. The number of aliphatic hydroxyl groups is 1. The van der Waals surface area contributed by atoms with Gasteiger partial charge in [-0.3, -0.25) is 9.80 Å². The number of nitrogens with one attached hydrogen (secondary N) is 1. The van der Waals surface area contributed by atoms with Crippen LogP contribution in [0.15, 0.2) is 36.4 Å². The fourth-order valence-corrected chi connectivity index (χ4v) is 4.24. The van der Waals surface area contributed by atoms with Crippen LogP contribution in [0.5, 0.6) is 0 Å².